The molecule has 0 aliphatic heterocycles. The number of halogens is 1. The van der Waals surface area contributed by atoms with Crippen molar-refractivity contribution in [3.63, 3.8) is 0 Å². The number of aryl methyl sites for hydroxylation is 2. The number of hydrogen-bond acceptors (Lipinski definition) is 2. The summed E-state index contributed by atoms with van der Waals surface area (Å²) in [6.45, 7) is 7.32. The molecule has 0 bridgehead atoms. The third-order valence-electron chi connectivity index (χ3n) is 3.32. The molecule has 2 aromatic rings. The summed E-state index contributed by atoms with van der Waals surface area (Å²) in [5, 5.41) is 3.50. The number of hydrogen-bond donors (Lipinski definition) is 1. The van der Waals surface area contributed by atoms with E-state index in [9.17, 15) is 0 Å². The van der Waals surface area contributed by atoms with E-state index >= 15 is 0 Å². The van der Waals surface area contributed by atoms with Gasteiger partial charge in [-0.3, -0.25) is 4.98 Å². The Labute approximate surface area is 123 Å². The van der Waals surface area contributed by atoms with Gasteiger partial charge in [-0.1, -0.05) is 25.1 Å². The van der Waals surface area contributed by atoms with Crippen LogP contribution in [0.25, 0.3) is 0 Å². The van der Waals surface area contributed by atoms with Gasteiger partial charge in [-0.2, -0.15) is 0 Å². The maximum absolute atomic E-state index is 4.52. The molecule has 0 amide bonds. The molecule has 19 heavy (non-hydrogen) atoms. The van der Waals surface area contributed by atoms with Gasteiger partial charge >= 0.3 is 0 Å². The number of nitrogens with zero attached hydrogens (tertiary/aromatic N) is 1. The fraction of sp³-hybridized carbons (Fsp3) is 0.312. The fourth-order valence-corrected chi connectivity index (χ4v) is 2.33. The first-order chi connectivity index (χ1) is 9.11. The average Bonchev–Trinajstić information content (AvgIpc) is 2.41. The van der Waals surface area contributed by atoms with E-state index in [4.69, 9.17) is 0 Å². The molecule has 100 valence electrons. The zero-order valence-corrected chi connectivity index (χ0v) is 13.2. The van der Waals surface area contributed by atoms with Crippen LogP contribution < -0.4 is 5.32 Å². The Morgan fingerprint density at radius 2 is 1.95 bits per heavy atom. The standard InChI is InChI=1S/C16H19BrN2/c1-4-18-16(15-8-7-14(17)10-19-15)13-6-5-11(2)12(3)9-13/h5-10,16,18H,4H2,1-3H3. The van der Waals surface area contributed by atoms with Gasteiger partial charge in [0.25, 0.3) is 0 Å². The van der Waals surface area contributed by atoms with Crippen molar-refractivity contribution in [2.75, 3.05) is 6.54 Å². The first-order valence-corrected chi connectivity index (χ1v) is 7.33. The van der Waals surface area contributed by atoms with E-state index in [-0.39, 0.29) is 6.04 Å². The number of rotatable bonds is 4. The summed E-state index contributed by atoms with van der Waals surface area (Å²) in [6, 6.07) is 10.8. The van der Waals surface area contributed by atoms with Crippen LogP contribution in [0.3, 0.4) is 0 Å². The molecular weight excluding hydrogens is 300 g/mol. The summed E-state index contributed by atoms with van der Waals surface area (Å²) in [6.07, 6.45) is 1.85. The Morgan fingerprint density at radius 3 is 2.53 bits per heavy atom. The van der Waals surface area contributed by atoms with Crippen LogP contribution in [0.4, 0.5) is 0 Å². The largest absolute Gasteiger partial charge is 0.305 e. The zero-order chi connectivity index (χ0) is 13.8. The van der Waals surface area contributed by atoms with E-state index in [0.29, 0.717) is 0 Å². The molecule has 1 heterocycles. The Kier molecular flexibility index (Phi) is 4.72. The van der Waals surface area contributed by atoms with E-state index in [2.05, 4.69) is 71.3 Å². The molecule has 1 aromatic carbocycles. The van der Waals surface area contributed by atoms with Gasteiger partial charge in [0, 0.05) is 10.7 Å². The van der Waals surface area contributed by atoms with E-state index < -0.39 is 0 Å². The second-order valence-corrected chi connectivity index (χ2v) is 5.65. The summed E-state index contributed by atoms with van der Waals surface area (Å²) >= 11 is 3.43. The van der Waals surface area contributed by atoms with Crippen molar-refractivity contribution < 1.29 is 0 Å². The molecule has 0 fully saturated rings. The Balaban J connectivity index is 2.38. The normalized spacial score (nSPS) is 12.4. The maximum Gasteiger partial charge on any atom is 0.0751 e. The lowest BCUT2D eigenvalue weighted by molar-refractivity contribution is 0.615. The van der Waals surface area contributed by atoms with Crippen molar-refractivity contribution in [3.05, 3.63) is 63.4 Å². The average molecular weight is 319 g/mol. The molecule has 0 aliphatic carbocycles. The van der Waals surface area contributed by atoms with Crippen LogP contribution in [0, 0.1) is 13.8 Å². The highest BCUT2D eigenvalue weighted by molar-refractivity contribution is 9.10. The third-order valence-corrected chi connectivity index (χ3v) is 3.79. The topological polar surface area (TPSA) is 24.9 Å². The van der Waals surface area contributed by atoms with Gasteiger partial charge in [0.1, 0.15) is 0 Å². The number of benzene rings is 1. The molecule has 1 aromatic heterocycles. The summed E-state index contributed by atoms with van der Waals surface area (Å²) in [7, 11) is 0. The van der Waals surface area contributed by atoms with Crippen LogP contribution in [-0.4, -0.2) is 11.5 Å². The Bertz CT molecular complexity index is 549. The molecule has 3 heteroatoms. The first kappa shape index (κ1) is 14.2. The molecule has 1 atom stereocenters. The molecule has 0 saturated heterocycles. The van der Waals surface area contributed by atoms with Crippen LogP contribution in [0.2, 0.25) is 0 Å². The number of aromatic nitrogens is 1. The summed E-state index contributed by atoms with van der Waals surface area (Å²) in [5.74, 6) is 0. The molecule has 0 spiro atoms. The quantitative estimate of drug-likeness (QED) is 0.915. The van der Waals surface area contributed by atoms with E-state index in [0.717, 1.165) is 16.7 Å². The molecule has 1 N–H and O–H groups in total. The van der Waals surface area contributed by atoms with Gasteiger partial charge in [0.05, 0.1) is 11.7 Å². The predicted octanol–water partition coefficient (Wildman–Crippen LogP) is 4.16. The molecule has 2 nitrogen and oxygen atoms in total. The van der Waals surface area contributed by atoms with Crippen LogP contribution in [0.5, 0.6) is 0 Å². The monoisotopic (exact) mass is 318 g/mol. The molecule has 2 rings (SSSR count). The van der Waals surface area contributed by atoms with Crippen LogP contribution in [-0.2, 0) is 0 Å². The van der Waals surface area contributed by atoms with Gasteiger partial charge in [-0.05, 0) is 65.1 Å². The lowest BCUT2D eigenvalue weighted by atomic mass is 9.98. The van der Waals surface area contributed by atoms with Crippen molar-refractivity contribution >= 4 is 15.9 Å². The Hall–Kier alpha value is -1.19. The van der Waals surface area contributed by atoms with Crippen molar-refractivity contribution in [1.82, 2.24) is 10.3 Å². The highest BCUT2D eigenvalue weighted by Crippen LogP contribution is 2.23. The molecule has 0 radical (unpaired) electrons. The minimum absolute atomic E-state index is 0.150. The van der Waals surface area contributed by atoms with Crippen molar-refractivity contribution in [3.8, 4) is 0 Å². The molecule has 0 saturated carbocycles. The van der Waals surface area contributed by atoms with Crippen LogP contribution in [0.1, 0.15) is 35.3 Å². The predicted molar refractivity (Wildman–Crippen MR) is 83.4 cm³/mol. The molecule has 1 unspecified atom stereocenters. The number of pyridine rings is 1. The van der Waals surface area contributed by atoms with Gasteiger partial charge in [-0.15, -0.1) is 0 Å². The Morgan fingerprint density at radius 1 is 1.16 bits per heavy atom. The zero-order valence-electron chi connectivity index (χ0n) is 11.6. The molecule has 0 aliphatic rings. The maximum atomic E-state index is 4.52. The smallest absolute Gasteiger partial charge is 0.0751 e. The minimum Gasteiger partial charge on any atom is -0.305 e. The van der Waals surface area contributed by atoms with Gasteiger partial charge < -0.3 is 5.32 Å². The van der Waals surface area contributed by atoms with Crippen molar-refractivity contribution in [2.45, 2.75) is 26.8 Å². The first-order valence-electron chi connectivity index (χ1n) is 6.53. The number of nitrogens with one attached hydrogen (secondary N) is 1. The molecular formula is C16H19BrN2. The second-order valence-electron chi connectivity index (χ2n) is 4.74. The van der Waals surface area contributed by atoms with Crippen LogP contribution in [0.15, 0.2) is 41.0 Å². The highest BCUT2D eigenvalue weighted by atomic mass is 79.9. The van der Waals surface area contributed by atoms with Gasteiger partial charge in [0.15, 0.2) is 0 Å². The highest BCUT2D eigenvalue weighted by Gasteiger charge is 2.14. The van der Waals surface area contributed by atoms with Crippen molar-refractivity contribution in [2.24, 2.45) is 0 Å². The summed E-state index contributed by atoms with van der Waals surface area (Å²) in [5.41, 5.74) is 4.95. The van der Waals surface area contributed by atoms with Crippen molar-refractivity contribution in [1.29, 1.82) is 0 Å². The van der Waals surface area contributed by atoms with E-state index in [1.54, 1.807) is 0 Å². The van der Waals surface area contributed by atoms with E-state index in [1.165, 1.54) is 16.7 Å². The second kappa shape index (κ2) is 6.31. The SMILES string of the molecule is CCNC(c1ccc(C)c(C)c1)c1ccc(Br)cn1. The van der Waals surface area contributed by atoms with E-state index in [1.807, 2.05) is 12.3 Å². The lowest BCUT2D eigenvalue weighted by Gasteiger charge is -2.19. The summed E-state index contributed by atoms with van der Waals surface area (Å²) in [4.78, 5) is 4.52. The van der Waals surface area contributed by atoms with Gasteiger partial charge in [0.2, 0.25) is 0 Å². The van der Waals surface area contributed by atoms with Gasteiger partial charge in [-0.25, -0.2) is 0 Å². The lowest BCUT2D eigenvalue weighted by Crippen LogP contribution is -2.23. The third kappa shape index (κ3) is 3.43. The van der Waals surface area contributed by atoms with Crippen LogP contribution >= 0.6 is 15.9 Å². The summed E-state index contributed by atoms with van der Waals surface area (Å²) < 4.78 is 1.01. The fourth-order valence-electron chi connectivity index (χ4n) is 2.10. The minimum atomic E-state index is 0.150.